The summed E-state index contributed by atoms with van der Waals surface area (Å²) in [4.78, 5) is 76.6. The number of carboxylic acids is 5. The highest BCUT2D eigenvalue weighted by Crippen LogP contribution is 2.16. The van der Waals surface area contributed by atoms with Crippen molar-refractivity contribution in [3.63, 3.8) is 0 Å². The van der Waals surface area contributed by atoms with Crippen molar-refractivity contribution in [2.45, 2.75) is 12.5 Å². The average Bonchev–Trinajstić information content (AvgIpc) is 2.92. The van der Waals surface area contributed by atoms with E-state index in [9.17, 15) is 59.6 Å². The van der Waals surface area contributed by atoms with Crippen LogP contribution in [0.4, 0.5) is 5.69 Å². The number of benzene rings is 1. The normalized spacial score (nSPS) is 17.2. The van der Waals surface area contributed by atoms with Crippen molar-refractivity contribution >= 4 is 35.5 Å². The number of aliphatic carboxylic acids is 5. The Hall–Kier alpha value is -4.23. The first kappa shape index (κ1) is 37.0. The van der Waals surface area contributed by atoms with Crippen molar-refractivity contribution in [2.24, 2.45) is 0 Å². The number of hydrogen-bond donors (Lipinski definition) is 5. The van der Waals surface area contributed by atoms with E-state index < -0.39 is 53.9 Å². The van der Waals surface area contributed by atoms with E-state index in [4.69, 9.17) is 0 Å². The third kappa shape index (κ3) is 14.9. The highest BCUT2D eigenvalue weighted by Gasteiger charge is 2.27. The van der Waals surface area contributed by atoms with E-state index in [0.717, 1.165) is 0 Å². The predicted molar refractivity (Wildman–Crippen MR) is 156 cm³/mol. The second-order valence-corrected chi connectivity index (χ2v) is 10.8. The molecule has 2 rings (SSSR count). The van der Waals surface area contributed by atoms with Crippen LogP contribution in [0.2, 0.25) is 0 Å². The Balaban J connectivity index is 2.41. The fourth-order valence-electron chi connectivity index (χ4n) is 5.10. The summed E-state index contributed by atoms with van der Waals surface area (Å²) in [5.74, 6) is -5.77. The molecule has 45 heavy (non-hydrogen) atoms. The minimum Gasteiger partial charge on any atom is -0.480 e. The van der Waals surface area contributed by atoms with Crippen molar-refractivity contribution in [3.05, 3.63) is 39.9 Å². The number of rotatable bonds is 16. The Morgan fingerprint density at radius 2 is 1.00 bits per heavy atom. The predicted octanol–water partition coefficient (Wildman–Crippen LogP) is -1.55. The number of carbonyl (C=O) groups is 5. The van der Waals surface area contributed by atoms with Gasteiger partial charge in [-0.25, -0.2) is 0 Å². The van der Waals surface area contributed by atoms with Gasteiger partial charge in [-0.05, 0) is 12.0 Å². The molecule has 250 valence electrons. The highest BCUT2D eigenvalue weighted by atomic mass is 16.6. The first-order valence-corrected chi connectivity index (χ1v) is 14.2. The lowest BCUT2D eigenvalue weighted by molar-refractivity contribution is -0.384. The molecule has 1 aromatic carbocycles. The molecule has 0 aromatic heterocycles. The zero-order valence-corrected chi connectivity index (χ0v) is 24.8. The average molecular weight is 641 g/mol. The molecule has 1 unspecified atom stereocenters. The smallest absolute Gasteiger partial charge is 0.317 e. The van der Waals surface area contributed by atoms with Crippen LogP contribution >= 0.6 is 0 Å². The van der Waals surface area contributed by atoms with Gasteiger partial charge < -0.3 is 25.5 Å². The Labute approximate surface area is 258 Å². The molecular formula is C27H40N6O12. The van der Waals surface area contributed by atoms with Gasteiger partial charge in [-0.1, -0.05) is 12.1 Å². The van der Waals surface area contributed by atoms with Crippen molar-refractivity contribution in [2.75, 3.05) is 91.6 Å². The number of nitro groups is 1. The number of nitro benzene ring substituents is 1. The fraction of sp³-hybridized carbons (Fsp3) is 0.593. The first-order valence-electron chi connectivity index (χ1n) is 14.2. The van der Waals surface area contributed by atoms with Gasteiger partial charge in [0.25, 0.3) is 5.69 Å². The monoisotopic (exact) mass is 640 g/mol. The Kier molecular flexibility index (Phi) is 15.2. The summed E-state index contributed by atoms with van der Waals surface area (Å²) < 4.78 is 0. The van der Waals surface area contributed by atoms with Crippen LogP contribution in [0.25, 0.3) is 0 Å². The van der Waals surface area contributed by atoms with Gasteiger partial charge in [0.15, 0.2) is 0 Å². The van der Waals surface area contributed by atoms with E-state index in [1.807, 2.05) is 4.90 Å². The summed E-state index contributed by atoms with van der Waals surface area (Å²) in [6, 6.07) is 4.89. The summed E-state index contributed by atoms with van der Waals surface area (Å²) in [6.07, 6.45) is 0.136. The molecule has 18 nitrogen and oxygen atoms in total. The largest absolute Gasteiger partial charge is 0.480 e. The van der Waals surface area contributed by atoms with Crippen LogP contribution in [-0.2, 0) is 30.4 Å². The molecule has 1 saturated heterocycles. The van der Waals surface area contributed by atoms with Gasteiger partial charge in [-0.3, -0.25) is 58.6 Å². The van der Waals surface area contributed by atoms with Crippen molar-refractivity contribution < 1.29 is 54.4 Å². The van der Waals surface area contributed by atoms with E-state index in [2.05, 4.69) is 0 Å². The molecule has 1 fully saturated rings. The zero-order chi connectivity index (χ0) is 33.5. The van der Waals surface area contributed by atoms with Crippen LogP contribution in [-0.4, -0.2) is 182 Å². The van der Waals surface area contributed by atoms with Gasteiger partial charge >= 0.3 is 29.8 Å². The minimum atomic E-state index is -1.26. The highest BCUT2D eigenvalue weighted by molar-refractivity contribution is 5.73. The number of carboxylic acid groups (broad SMARTS) is 5. The van der Waals surface area contributed by atoms with Crippen molar-refractivity contribution in [3.8, 4) is 0 Å². The zero-order valence-electron chi connectivity index (χ0n) is 24.8. The van der Waals surface area contributed by atoms with E-state index >= 15 is 0 Å². The number of non-ortho nitro benzene ring substituents is 1. The maximum atomic E-state index is 11.7. The molecule has 1 aliphatic rings. The van der Waals surface area contributed by atoms with Crippen LogP contribution in [0.1, 0.15) is 5.56 Å². The fourth-order valence-corrected chi connectivity index (χ4v) is 5.10. The van der Waals surface area contributed by atoms with Crippen LogP contribution in [0.15, 0.2) is 24.3 Å². The van der Waals surface area contributed by atoms with Crippen LogP contribution in [0.3, 0.4) is 0 Å². The third-order valence-electron chi connectivity index (χ3n) is 7.29. The molecule has 1 aliphatic heterocycles. The summed E-state index contributed by atoms with van der Waals surface area (Å²) in [6.45, 7) is -0.258. The first-order chi connectivity index (χ1) is 21.2. The van der Waals surface area contributed by atoms with Gasteiger partial charge in [0, 0.05) is 77.1 Å². The molecule has 1 heterocycles. The third-order valence-corrected chi connectivity index (χ3v) is 7.29. The molecule has 0 bridgehead atoms. The van der Waals surface area contributed by atoms with Crippen molar-refractivity contribution in [1.29, 1.82) is 0 Å². The summed E-state index contributed by atoms with van der Waals surface area (Å²) in [7, 11) is 0. The maximum absolute atomic E-state index is 11.7. The number of nitrogens with zero attached hydrogens (tertiary/aromatic N) is 6. The second-order valence-electron chi connectivity index (χ2n) is 10.8. The number of hydrogen-bond acceptors (Lipinski definition) is 12. The molecule has 0 amide bonds. The second kappa shape index (κ2) is 18.5. The molecule has 0 spiro atoms. The molecule has 5 N–H and O–H groups in total. The van der Waals surface area contributed by atoms with Gasteiger partial charge in [0.1, 0.15) is 0 Å². The van der Waals surface area contributed by atoms with Crippen LogP contribution in [0, 0.1) is 10.1 Å². The van der Waals surface area contributed by atoms with Gasteiger partial charge in [0.05, 0.1) is 37.6 Å². The topological polar surface area (TPSA) is 246 Å². The Morgan fingerprint density at radius 3 is 1.31 bits per heavy atom. The Morgan fingerprint density at radius 1 is 0.644 bits per heavy atom. The Bertz CT molecular complexity index is 1140. The minimum absolute atomic E-state index is 0.116. The van der Waals surface area contributed by atoms with Crippen LogP contribution < -0.4 is 0 Å². The molecule has 1 atom stereocenters. The lowest BCUT2D eigenvalue weighted by Crippen LogP contribution is -2.53. The molecule has 0 radical (unpaired) electrons. The van der Waals surface area contributed by atoms with E-state index in [1.165, 1.54) is 29.2 Å². The summed E-state index contributed by atoms with van der Waals surface area (Å²) in [5.41, 5.74) is 0.449. The summed E-state index contributed by atoms with van der Waals surface area (Å²) >= 11 is 0. The maximum Gasteiger partial charge on any atom is 0.317 e. The molecule has 18 heteroatoms. The van der Waals surface area contributed by atoms with Gasteiger partial charge in [-0.15, -0.1) is 0 Å². The molecule has 1 aromatic rings. The molecule has 0 saturated carbocycles. The van der Waals surface area contributed by atoms with E-state index in [0.29, 0.717) is 5.56 Å². The van der Waals surface area contributed by atoms with Crippen molar-refractivity contribution in [1.82, 2.24) is 24.5 Å². The molecule has 0 aliphatic carbocycles. The lowest BCUT2D eigenvalue weighted by Gasteiger charge is -2.37. The van der Waals surface area contributed by atoms with Gasteiger partial charge in [-0.2, -0.15) is 0 Å². The van der Waals surface area contributed by atoms with E-state index in [1.54, 1.807) is 14.7 Å². The standard InChI is InChI=1S/C27H40N6O12/c34-23(35)15-29-7-5-28(6-8-30(16-24(36)37)10-12-31(11-9-29)17-25(38)39)14-22(32(18-26(40)41)19-27(42)43)13-20-1-3-21(4-2-20)33(44)45/h1-4,22H,5-19H2,(H,34,35)(H,36,37)(H,38,39)(H,40,41)(H,42,43). The van der Waals surface area contributed by atoms with Crippen LogP contribution in [0.5, 0.6) is 0 Å². The van der Waals surface area contributed by atoms with E-state index in [-0.39, 0.29) is 90.6 Å². The molecular weight excluding hydrogens is 600 g/mol. The van der Waals surface area contributed by atoms with Gasteiger partial charge in [0.2, 0.25) is 0 Å². The quantitative estimate of drug-likeness (QED) is 0.101. The lowest BCUT2D eigenvalue weighted by atomic mass is 10.0. The SMILES string of the molecule is O=C(O)CN1CCN(CC(=O)O)CCN(CC(Cc2ccc([N+](=O)[O-])cc2)N(CC(=O)O)CC(=O)O)CCN(CC(=O)O)CC1. The summed E-state index contributed by atoms with van der Waals surface area (Å²) in [5, 5.41) is 58.5.